The number of benzene rings is 1. The third kappa shape index (κ3) is 5.48. The minimum Gasteiger partial charge on any atom is -0.486 e. The Morgan fingerprint density at radius 2 is 1.90 bits per heavy atom. The van der Waals surface area contributed by atoms with Crippen molar-refractivity contribution >= 4 is 33.1 Å². The van der Waals surface area contributed by atoms with Crippen LogP contribution in [-0.4, -0.2) is 103 Å². The normalized spacial score (nSPS) is 20.5. The van der Waals surface area contributed by atoms with Gasteiger partial charge in [-0.25, -0.2) is 18.4 Å². The Labute approximate surface area is 235 Å². The summed E-state index contributed by atoms with van der Waals surface area (Å²) in [6, 6.07) is 4.81. The third-order valence-corrected chi connectivity index (χ3v) is 9.71. The lowest BCUT2D eigenvalue weighted by Gasteiger charge is -2.47. The zero-order valence-corrected chi connectivity index (χ0v) is 24.0. The second-order valence-electron chi connectivity index (χ2n) is 11.7. The molecule has 0 bridgehead atoms. The predicted octanol–water partition coefficient (Wildman–Crippen LogP) is 1.67. The van der Waals surface area contributed by atoms with Crippen molar-refractivity contribution < 1.29 is 23.1 Å². The van der Waals surface area contributed by atoms with Crippen molar-refractivity contribution in [2.45, 2.75) is 44.8 Å². The van der Waals surface area contributed by atoms with Crippen LogP contribution >= 0.6 is 0 Å². The van der Waals surface area contributed by atoms with Crippen LogP contribution in [0.3, 0.4) is 0 Å². The molecule has 3 fully saturated rings. The predicted molar refractivity (Wildman–Crippen MR) is 152 cm³/mol. The van der Waals surface area contributed by atoms with Crippen LogP contribution in [0.2, 0.25) is 0 Å². The van der Waals surface area contributed by atoms with Gasteiger partial charge in [0.25, 0.3) is 0 Å². The molecule has 0 unspecified atom stereocenters. The van der Waals surface area contributed by atoms with E-state index in [0.717, 1.165) is 73.2 Å². The first-order chi connectivity index (χ1) is 19.2. The topological polar surface area (TPSA) is 128 Å². The number of nitrogens with zero attached hydrogens (tertiary/aromatic N) is 5. The second kappa shape index (κ2) is 10.8. The van der Waals surface area contributed by atoms with Gasteiger partial charge >= 0.3 is 0 Å². The van der Waals surface area contributed by atoms with Gasteiger partial charge < -0.3 is 25.0 Å². The first-order valence-electron chi connectivity index (χ1n) is 14.1. The number of sulfone groups is 1. The Balaban J connectivity index is 1.08. The molecule has 0 aliphatic carbocycles. The van der Waals surface area contributed by atoms with Crippen LogP contribution in [0.15, 0.2) is 18.5 Å². The highest BCUT2D eigenvalue weighted by atomic mass is 32.2. The number of amides is 1. The number of carbonyl (C=O) groups excluding carboxylic acids is 1. The zero-order valence-electron chi connectivity index (χ0n) is 23.2. The number of piperidine rings is 1. The van der Waals surface area contributed by atoms with Gasteiger partial charge in [0.2, 0.25) is 5.91 Å². The quantitative estimate of drug-likeness (QED) is 0.507. The third-order valence-electron chi connectivity index (χ3n) is 8.77. The van der Waals surface area contributed by atoms with Gasteiger partial charge in [0, 0.05) is 57.4 Å². The number of fused-ring (bicyclic) bond motifs is 2. The Bertz CT molecular complexity index is 1380. The molecular weight excluding hydrogens is 532 g/mol. The number of anilines is 3. The molecule has 4 aliphatic rings. The summed E-state index contributed by atoms with van der Waals surface area (Å²) in [4.78, 5) is 27.8. The fourth-order valence-electron chi connectivity index (χ4n) is 6.29. The van der Waals surface area contributed by atoms with E-state index in [1.54, 1.807) is 11.2 Å². The number of ether oxygens (including phenoxy) is 1. The molecule has 2 aromatic rings. The Hall–Kier alpha value is -2.96. The van der Waals surface area contributed by atoms with E-state index in [1.165, 1.54) is 11.8 Å². The number of aryl methyl sites for hydroxylation is 1. The molecule has 12 heteroatoms. The van der Waals surface area contributed by atoms with E-state index in [2.05, 4.69) is 44.1 Å². The van der Waals surface area contributed by atoms with E-state index >= 15 is 0 Å². The molecule has 0 radical (unpaired) electrons. The molecule has 11 nitrogen and oxygen atoms in total. The molecule has 1 aromatic carbocycles. The summed E-state index contributed by atoms with van der Waals surface area (Å²) < 4.78 is 29.0. The summed E-state index contributed by atoms with van der Waals surface area (Å²) in [7, 11) is -3.12. The maximum Gasteiger partial charge on any atom is 0.223 e. The fourth-order valence-corrected chi connectivity index (χ4v) is 6.83. The maximum atomic E-state index is 12.3. The molecular formula is C28H38N6O5S. The van der Waals surface area contributed by atoms with Gasteiger partial charge in [0.15, 0.2) is 0 Å². The van der Waals surface area contributed by atoms with Crippen LogP contribution in [0.25, 0.3) is 0 Å². The van der Waals surface area contributed by atoms with Crippen molar-refractivity contribution in [2.24, 2.45) is 5.92 Å². The lowest BCUT2D eigenvalue weighted by atomic mass is 9.87. The molecule has 6 rings (SSSR count). The zero-order chi connectivity index (χ0) is 28.0. The van der Waals surface area contributed by atoms with Gasteiger partial charge in [-0.15, -0.1) is 0 Å². The number of aliphatic hydroxyl groups excluding tert-OH is 1. The van der Waals surface area contributed by atoms with Gasteiger partial charge in [-0.2, -0.15) is 0 Å². The SMILES string of the molecule is Cc1cc(C2CCN(C3CN(C(=O)CCS(C)(=O)=O)C3)CC2)cc2c1OCc1c(ncnc1N1CC(CO)C1)N2. The number of hydrogen-bond acceptors (Lipinski definition) is 10. The summed E-state index contributed by atoms with van der Waals surface area (Å²) in [6.45, 7) is 7.57. The molecule has 2 N–H and O–H groups in total. The molecule has 0 atom stereocenters. The number of nitrogens with one attached hydrogen (secondary N) is 1. The lowest BCUT2D eigenvalue weighted by molar-refractivity contribution is -0.138. The molecule has 3 saturated heterocycles. The monoisotopic (exact) mass is 570 g/mol. The summed E-state index contributed by atoms with van der Waals surface area (Å²) >= 11 is 0. The summed E-state index contributed by atoms with van der Waals surface area (Å²) in [5, 5.41) is 12.9. The summed E-state index contributed by atoms with van der Waals surface area (Å²) in [6.07, 6.45) is 4.92. The van der Waals surface area contributed by atoms with Gasteiger partial charge in [-0.1, -0.05) is 6.07 Å². The highest BCUT2D eigenvalue weighted by Gasteiger charge is 2.37. The van der Waals surface area contributed by atoms with Gasteiger partial charge in [-0.05, 0) is 56.0 Å². The number of likely N-dealkylation sites (tertiary alicyclic amines) is 2. The van der Waals surface area contributed by atoms with Gasteiger partial charge in [-0.3, -0.25) is 9.69 Å². The van der Waals surface area contributed by atoms with E-state index in [4.69, 9.17) is 4.74 Å². The summed E-state index contributed by atoms with van der Waals surface area (Å²) in [5.74, 6) is 3.06. The fraction of sp³-hybridized carbons (Fsp3) is 0.607. The number of rotatable bonds is 7. The Kier molecular flexibility index (Phi) is 7.34. The molecule has 1 aromatic heterocycles. The largest absolute Gasteiger partial charge is 0.486 e. The first-order valence-corrected chi connectivity index (χ1v) is 16.2. The van der Waals surface area contributed by atoms with Crippen LogP contribution in [0.4, 0.5) is 17.3 Å². The van der Waals surface area contributed by atoms with Crippen LogP contribution in [0, 0.1) is 12.8 Å². The van der Waals surface area contributed by atoms with E-state index in [0.29, 0.717) is 31.7 Å². The average Bonchev–Trinajstić information content (AvgIpc) is 3.06. The van der Waals surface area contributed by atoms with Crippen LogP contribution in [-0.2, 0) is 21.2 Å². The lowest BCUT2D eigenvalue weighted by Crippen LogP contribution is -2.62. The Morgan fingerprint density at radius 1 is 1.15 bits per heavy atom. The first kappa shape index (κ1) is 27.2. The average molecular weight is 571 g/mol. The number of carbonyl (C=O) groups is 1. The minimum atomic E-state index is -3.12. The van der Waals surface area contributed by atoms with Gasteiger partial charge in [0.1, 0.15) is 40.2 Å². The minimum absolute atomic E-state index is 0.0649. The van der Waals surface area contributed by atoms with Crippen LogP contribution in [0.5, 0.6) is 5.75 Å². The van der Waals surface area contributed by atoms with Crippen molar-refractivity contribution in [1.29, 1.82) is 0 Å². The number of hydrogen-bond donors (Lipinski definition) is 2. The van der Waals surface area contributed by atoms with Crippen molar-refractivity contribution in [2.75, 3.05) is 68.1 Å². The molecule has 4 aliphatic heterocycles. The highest BCUT2D eigenvalue weighted by Crippen LogP contribution is 2.42. The molecule has 216 valence electrons. The van der Waals surface area contributed by atoms with Crippen molar-refractivity contribution in [1.82, 2.24) is 19.8 Å². The van der Waals surface area contributed by atoms with Gasteiger partial charge in [0.05, 0.1) is 17.0 Å². The van der Waals surface area contributed by atoms with E-state index in [-0.39, 0.29) is 30.6 Å². The maximum absolute atomic E-state index is 12.3. The highest BCUT2D eigenvalue weighted by molar-refractivity contribution is 7.90. The number of aromatic nitrogens is 2. The van der Waals surface area contributed by atoms with Crippen molar-refractivity contribution in [3.05, 3.63) is 35.2 Å². The van der Waals surface area contributed by atoms with Crippen molar-refractivity contribution in [3.8, 4) is 5.75 Å². The summed E-state index contributed by atoms with van der Waals surface area (Å²) in [5.41, 5.74) is 4.26. The van der Waals surface area contributed by atoms with Crippen LogP contribution < -0.4 is 15.0 Å². The van der Waals surface area contributed by atoms with Crippen molar-refractivity contribution in [3.63, 3.8) is 0 Å². The molecule has 1 amide bonds. The molecule has 5 heterocycles. The van der Waals surface area contributed by atoms with E-state index < -0.39 is 9.84 Å². The van der Waals surface area contributed by atoms with Crippen LogP contribution in [0.1, 0.15) is 41.9 Å². The van der Waals surface area contributed by atoms with E-state index in [9.17, 15) is 18.3 Å². The number of aliphatic hydroxyl groups is 1. The standard InChI is InChI=1S/C28H38N6O5S/c1-18-9-21(20-3-6-32(7-4-20)22-13-33(14-22)25(36)5-8-40(2,37)38)10-24-26(18)39-16-23-27(31-24)29-17-30-28(23)34-11-19(12-34)15-35/h9-10,17,19-20,22,35H,3-8,11-16H2,1-2H3,(H,29,30,31). The Morgan fingerprint density at radius 3 is 2.60 bits per heavy atom. The molecule has 40 heavy (non-hydrogen) atoms. The smallest absolute Gasteiger partial charge is 0.223 e. The second-order valence-corrected chi connectivity index (χ2v) is 14.0. The van der Waals surface area contributed by atoms with E-state index in [1.807, 2.05) is 0 Å². The molecule has 0 saturated carbocycles. The molecule has 0 spiro atoms.